The molecule has 6 nitrogen and oxygen atoms in total. The van der Waals surface area contributed by atoms with Crippen molar-refractivity contribution in [2.24, 2.45) is 0 Å². The van der Waals surface area contributed by atoms with Gasteiger partial charge in [0.15, 0.2) is 7.06 Å². The van der Waals surface area contributed by atoms with Crippen LogP contribution in [0.15, 0.2) is 0 Å². The van der Waals surface area contributed by atoms with E-state index in [2.05, 4.69) is 23.3 Å². The molecule has 0 heterocycles. The molecule has 0 aromatic rings. The molecular formula is C26H52N2O4S6. The summed E-state index contributed by atoms with van der Waals surface area (Å²) in [6.45, 7) is 5.09. The number of sulfonamides is 2. The maximum absolute atomic E-state index is 12.3. The highest BCUT2D eigenvalue weighted by Gasteiger charge is 2.23. The van der Waals surface area contributed by atoms with E-state index in [1.165, 1.54) is 89.9 Å². The Kier molecular flexibility index (Phi) is 25.9. The summed E-state index contributed by atoms with van der Waals surface area (Å²) in [6, 6.07) is 0. The molecule has 2 N–H and O–H groups in total. The zero-order chi connectivity index (χ0) is 28.5. The van der Waals surface area contributed by atoms with Crippen LogP contribution in [0.4, 0.5) is 0 Å². The van der Waals surface area contributed by atoms with Gasteiger partial charge in [0.05, 0.1) is 0 Å². The molecule has 0 bridgehead atoms. The van der Waals surface area contributed by atoms with Crippen molar-refractivity contribution in [3.8, 4) is 0 Å². The summed E-state index contributed by atoms with van der Waals surface area (Å²) in [5.41, 5.74) is 0. The summed E-state index contributed by atoms with van der Waals surface area (Å²) < 4.78 is 53.8. The summed E-state index contributed by atoms with van der Waals surface area (Å²) in [4.78, 5) is 0. The summed E-state index contributed by atoms with van der Waals surface area (Å²) in [7, 11) is -6.21. The van der Waals surface area contributed by atoms with Crippen LogP contribution in [0.2, 0.25) is 0 Å². The SMILES string of the molecule is CCCCCCCCCCCCNS(=O)(=O)C(=S)SSC(=S)S(=O)(=O)NCCCCCCCCCCCC. The average molecular weight is 649 g/mol. The summed E-state index contributed by atoms with van der Waals surface area (Å²) in [5.74, 6) is 0. The standard InChI is InChI=1S/C26H52N2O4S6/c1-3-5-7-9-11-13-15-17-19-21-23-27-37(29,30)25(33)35-36-26(34)38(31,32)28-24-22-20-18-16-14-12-10-8-6-4-2/h27-28H,3-24H2,1-2H3. The Morgan fingerprint density at radius 3 is 0.974 bits per heavy atom. The van der Waals surface area contributed by atoms with Crippen molar-refractivity contribution >= 4 is 73.1 Å². The fourth-order valence-electron chi connectivity index (χ4n) is 3.91. The molecular weight excluding hydrogens is 597 g/mol. The fourth-order valence-corrected chi connectivity index (χ4v) is 9.78. The first-order chi connectivity index (χ1) is 18.2. The molecule has 0 aliphatic rings. The molecule has 0 aromatic carbocycles. The van der Waals surface area contributed by atoms with Gasteiger partial charge in [0.1, 0.15) is 0 Å². The van der Waals surface area contributed by atoms with Gasteiger partial charge < -0.3 is 0 Å². The molecule has 0 aliphatic heterocycles. The highest BCUT2D eigenvalue weighted by atomic mass is 33.1. The predicted octanol–water partition coefficient (Wildman–Crippen LogP) is 8.62. The molecule has 0 atom stereocenters. The van der Waals surface area contributed by atoms with Crippen LogP contribution in [-0.4, -0.2) is 37.0 Å². The van der Waals surface area contributed by atoms with E-state index in [9.17, 15) is 16.8 Å². The van der Waals surface area contributed by atoms with E-state index in [4.69, 9.17) is 24.4 Å². The van der Waals surface area contributed by atoms with Crippen LogP contribution in [0, 0.1) is 0 Å². The second kappa shape index (κ2) is 25.4. The summed E-state index contributed by atoms with van der Waals surface area (Å²) in [5, 5.41) is 0. The molecule has 0 unspecified atom stereocenters. The van der Waals surface area contributed by atoms with Crippen LogP contribution < -0.4 is 9.44 Å². The smallest absolute Gasteiger partial charge is 0.210 e. The second-order valence-corrected chi connectivity index (χ2v) is 17.8. The Morgan fingerprint density at radius 2 is 0.711 bits per heavy atom. The van der Waals surface area contributed by atoms with Crippen molar-refractivity contribution in [3.63, 3.8) is 0 Å². The van der Waals surface area contributed by atoms with Crippen LogP contribution in [-0.2, 0) is 20.0 Å². The van der Waals surface area contributed by atoms with Gasteiger partial charge in [-0.05, 0) is 34.4 Å². The van der Waals surface area contributed by atoms with Gasteiger partial charge in [-0.1, -0.05) is 154 Å². The minimum atomic E-state index is -3.80. The van der Waals surface area contributed by atoms with Crippen LogP contribution in [0.25, 0.3) is 0 Å². The van der Waals surface area contributed by atoms with Gasteiger partial charge in [0.2, 0.25) is 0 Å². The zero-order valence-corrected chi connectivity index (χ0v) is 28.5. The topological polar surface area (TPSA) is 92.3 Å². The Labute approximate surface area is 253 Å². The highest BCUT2D eigenvalue weighted by Crippen LogP contribution is 2.29. The molecule has 226 valence electrons. The number of unbranched alkanes of at least 4 members (excludes halogenated alkanes) is 18. The van der Waals surface area contributed by atoms with E-state index in [0.29, 0.717) is 34.7 Å². The van der Waals surface area contributed by atoms with Crippen molar-refractivity contribution < 1.29 is 16.8 Å². The van der Waals surface area contributed by atoms with Crippen molar-refractivity contribution in [3.05, 3.63) is 0 Å². The van der Waals surface area contributed by atoms with Gasteiger partial charge in [0, 0.05) is 13.1 Å². The Bertz CT molecular complexity index is 752. The largest absolute Gasteiger partial charge is 0.257 e. The molecule has 12 heteroatoms. The predicted molar refractivity (Wildman–Crippen MR) is 178 cm³/mol. The first kappa shape index (κ1) is 38.7. The third-order valence-electron chi connectivity index (χ3n) is 6.26. The molecule has 0 spiro atoms. The minimum absolute atomic E-state index is 0.304. The number of hydrogen-bond donors (Lipinski definition) is 2. The van der Waals surface area contributed by atoms with Gasteiger partial charge >= 0.3 is 0 Å². The molecule has 0 saturated carbocycles. The number of hydrogen-bond acceptors (Lipinski definition) is 8. The molecule has 0 amide bonds. The lowest BCUT2D eigenvalue weighted by atomic mass is 10.1. The van der Waals surface area contributed by atoms with E-state index in [1.54, 1.807) is 0 Å². The molecule has 38 heavy (non-hydrogen) atoms. The maximum Gasteiger partial charge on any atom is 0.257 e. The third-order valence-corrected chi connectivity index (χ3v) is 14.8. The molecule has 0 aromatic heterocycles. The van der Waals surface area contributed by atoms with Crippen LogP contribution in [0.3, 0.4) is 0 Å². The third kappa shape index (κ3) is 22.4. The van der Waals surface area contributed by atoms with Crippen LogP contribution in [0.5, 0.6) is 0 Å². The molecule has 0 radical (unpaired) electrons. The summed E-state index contributed by atoms with van der Waals surface area (Å²) >= 11 is 10.0. The molecule has 0 rings (SSSR count). The van der Waals surface area contributed by atoms with E-state index in [0.717, 1.165) is 38.5 Å². The normalized spacial score (nSPS) is 12.2. The number of nitrogens with one attached hydrogen (secondary N) is 2. The van der Waals surface area contributed by atoms with Gasteiger partial charge in [-0.25, -0.2) is 26.3 Å². The highest BCUT2D eigenvalue weighted by molar-refractivity contribution is 8.95. The van der Waals surface area contributed by atoms with Gasteiger partial charge in [-0.3, -0.25) is 0 Å². The van der Waals surface area contributed by atoms with E-state index >= 15 is 0 Å². The fraction of sp³-hybridized carbons (Fsp3) is 0.923. The lowest BCUT2D eigenvalue weighted by molar-refractivity contribution is 0.551. The Hall–Kier alpha value is 0.700. The lowest BCUT2D eigenvalue weighted by Crippen LogP contribution is -2.30. The van der Waals surface area contributed by atoms with Gasteiger partial charge in [-0.2, -0.15) is 0 Å². The maximum atomic E-state index is 12.3. The van der Waals surface area contributed by atoms with Crippen LogP contribution in [0.1, 0.15) is 142 Å². The Morgan fingerprint density at radius 1 is 0.474 bits per heavy atom. The lowest BCUT2D eigenvalue weighted by Gasteiger charge is -2.09. The quantitative estimate of drug-likeness (QED) is 0.0611. The van der Waals surface area contributed by atoms with E-state index < -0.39 is 20.0 Å². The van der Waals surface area contributed by atoms with E-state index in [-0.39, 0.29) is 7.06 Å². The zero-order valence-electron chi connectivity index (χ0n) is 23.6. The molecule has 0 saturated heterocycles. The molecule has 0 fully saturated rings. The van der Waals surface area contributed by atoms with Crippen LogP contribution >= 0.6 is 46.0 Å². The number of thiocarbonyl (C=S) groups is 2. The second-order valence-electron chi connectivity index (χ2n) is 9.83. The minimum Gasteiger partial charge on any atom is -0.210 e. The first-order valence-corrected chi connectivity index (χ1v) is 20.5. The average Bonchev–Trinajstić information content (AvgIpc) is 2.88. The van der Waals surface area contributed by atoms with Crippen molar-refractivity contribution in [2.75, 3.05) is 13.1 Å². The molecule has 0 aliphatic carbocycles. The number of rotatable bonds is 24. The van der Waals surface area contributed by atoms with E-state index in [1.807, 2.05) is 0 Å². The monoisotopic (exact) mass is 648 g/mol. The summed E-state index contributed by atoms with van der Waals surface area (Å²) in [6.07, 6.45) is 23.5. The van der Waals surface area contributed by atoms with Crippen molar-refractivity contribution in [2.45, 2.75) is 142 Å². The van der Waals surface area contributed by atoms with Crippen molar-refractivity contribution in [1.82, 2.24) is 9.44 Å². The van der Waals surface area contributed by atoms with Gasteiger partial charge in [0.25, 0.3) is 20.0 Å². The Balaban J connectivity index is 3.92. The van der Waals surface area contributed by atoms with Crippen molar-refractivity contribution in [1.29, 1.82) is 0 Å². The van der Waals surface area contributed by atoms with Gasteiger partial charge in [-0.15, -0.1) is 0 Å². The first-order valence-electron chi connectivity index (χ1n) is 14.6.